The van der Waals surface area contributed by atoms with Gasteiger partial charge in [-0.3, -0.25) is 9.69 Å². The molecule has 8 heteroatoms. The van der Waals surface area contributed by atoms with Crippen LogP contribution < -0.4 is 19.7 Å². The standard InChI is InChI=1S/C28H32N4O3S/c33-27(11-9-20-8-10-24-25(16-20)35-19-34-24)29-17-21-4-3-5-22(21)18-31-12-14-32(15-13-31)28-23-6-1-2-7-26(23)36-30-28/h1-2,6-11,16,21-22H,3-5,12-15,17-19H2,(H,29,33)/b11-9+/t21-,22-/m1/s1. The number of nitrogens with one attached hydrogen (secondary N) is 1. The van der Waals surface area contributed by atoms with Crippen LogP contribution in [0.25, 0.3) is 16.2 Å². The Morgan fingerprint density at radius 2 is 1.89 bits per heavy atom. The molecule has 188 valence electrons. The van der Waals surface area contributed by atoms with Crippen LogP contribution in [0.1, 0.15) is 24.8 Å². The topological polar surface area (TPSA) is 66.9 Å². The van der Waals surface area contributed by atoms with E-state index in [0.29, 0.717) is 11.8 Å². The molecule has 1 aromatic heterocycles. The van der Waals surface area contributed by atoms with Gasteiger partial charge in [0.25, 0.3) is 0 Å². The minimum Gasteiger partial charge on any atom is -0.454 e. The third kappa shape index (κ3) is 5.06. The van der Waals surface area contributed by atoms with E-state index >= 15 is 0 Å². The van der Waals surface area contributed by atoms with Crippen molar-refractivity contribution in [3.05, 3.63) is 54.1 Å². The maximum Gasteiger partial charge on any atom is 0.244 e. The fourth-order valence-corrected chi connectivity index (χ4v) is 6.47. The molecule has 0 spiro atoms. The molecule has 2 fully saturated rings. The Kier molecular flexibility index (Phi) is 6.79. The highest BCUT2D eigenvalue weighted by atomic mass is 32.1. The van der Waals surface area contributed by atoms with Gasteiger partial charge in [-0.25, -0.2) is 0 Å². The number of rotatable bonds is 7. The van der Waals surface area contributed by atoms with Crippen molar-refractivity contribution in [2.75, 3.05) is 51.0 Å². The third-order valence-corrected chi connectivity index (χ3v) is 8.52. The summed E-state index contributed by atoms with van der Waals surface area (Å²) in [6.45, 7) is 6.31. The monoisotopic (exact) mass is 504 g/mol. The van der Waals surface area contributed by atoms with Crippen molar-refractivity contribution in [2.45, 2.75) is 19.3 Å². The summed E-state index contributed by atoms with van der Waals surface area (Å²) in [5.74, 6) is 3.78. The van der Waals surface area contributed by atoms with Gasteiger partial charge in [0, 0.05) is 50.7 Å². The van der Waals surface area contributed by atoms with Gasteiger partial charge in [-0.1, -0.05) is 24.6 Å². The molecule has 1 N–H and O–H groups in total. The summed E-state index contributed by atoms with van der Waals surface area (Å²) in [5, 5.41) is 4.41. The van der Waals surface area contributed by atoms with Gasteiger partial charge in [-0.15, -0.1) is 0 Å². The molecule has 1 aliphatic carbocycles. The Labute approximate surface area is 215 Å². The SMILES string of the molecule is O=C(/C=C/c1ccc2c(c1)OCO2)NC[C@H]1CCC[C@@H]1CN1CCN(c2nsc3ccccc23)CC1. The molecular formula is C28H32N4O3S. The Morgan fingerprint density at radius 1 is 1.06 bits per heavy atom. The summed E-state index contributed by atoms with van der Waals surface area (Å²) in [7, 11) is 0. The van der Waals surface area contributed by atoms with E-state index in [0.717, 1.165) is 62.1 Å². The number of ether oxygens (including phenoxy) is 2. The van der Waals surface area contributed by atoms with E-state index in [-0.39, 0.29) is 12.7 Å². The van der Waals surface area contributed by atoms with Crippen molar-refractivity contribution >= 4 is 39.4 Å². The lowest BCUT2D eigenvalue weighted by molar-refractivity contribution is -0.116. The molecule has 7 nitrogen and oxygen atoms in total. The molecule has 0 bridgehead atoms. The maximum atomic E-state index is 12.5. The van der Waals surface area contributed by atoms with E-state index < -0.39 is 0 Å². The number of hydrogen-bond acceptors (Lipinski definition) is 7. The molecule has 0 radical (unpaired) electrons. The van der Waals surface area contributed by atoms with Gasteiger partial charge in [0.2, 0.25) is 12.7 Å². The Bertz CT molecular complexity index is 1250. The minimum absolute atomic E-state index is 0.0394. The number of anilines is 1. The van der Waals surface area contributed by atoms with Crippen LogP contribution in [0.5, 0.6) is 11.5 Å². The van der Waals surface area contributed by atoms with E-state index in [1.165, 1.54) is 29.3 Å². The molecule has 1 amide bonds. The number of amides is 1. The van der Waals surface area contributed by atoms with Crippen LogP contribution in [0.2, 0.25) is 0 Å². The van der Waals surface area contributed by atoms with E-state index in [2.05, 4.69) is 39.4 Å². The normalized spacial score (nSPS) is 22.1. The highest BCUT2D eigenvalue weighted by molar-refractivity contribution is 7.13. The molecule has 2 aromatic carbocycles. The van der Waals surface area contributed by atoms with Gasteiger partial charge in [0.15, 0.2) is 11.5 Å². The van der Waals surface area contributed by atoms with Crippen LogP contribution >= 0.6 is 11.5 Å². The summed E-state index contributed by atoms with van der Waals surface area (Å²) in [6.07, 6.45) is 7.15. The maximum absolute atomic E-state index is 12.5. The fourth-order valence-electron chi connectivity index (χ4n) is 5.68. The van der Waals surface area contributed by atoms with Crippen molar-refractivity contribution < 1.29 is 14.3 Å². The predicted octanol–water partition coefficient (Wildman–Crippen LogP) is 4.39. The van der Waals surface area contributed by atoms with Crippen molar-refractivity contribution in [3.63, 3.8) is 0 Å². The molecule has 36 heavy (non-hydrogen) atoms. The number of piperazine rings is 1. The van der Waals surface area contributed by atoms with Gasteiger partial charge in [0.05, 0.1) is 4.70 Å². The van der Waals surface area contributed by atoms with Crippen LogP contribution in [0, 0.1) is 11.8 Å². The van der Waals surface area contributed by atoms with Gasteiger partial charge < -0.3 is 19.7 Å². The summed E-state index contributed by atoms with van der Waals surface area (Å²) >= 11 is 1.59. The molecule has 2 aliphatic heterocycles. The molecule has 0 unspecified atom stereocenters. The molecular weight excluding hydrogens is 472 g/mol. The lowest BCUT2D eigenvalue weighted by Gasteiger charge is -2.37. The summed E-state index contributed by atoms with van der Waals surface area (Å²) in [6, 6.07) is 14.2. The van der Waals surface area contributed by atoms with Crippen LogP contribution in [0.3, 0.4) is 0 Å². The van der Waals surface area contributed by atoms with Crippen LogP contribution in [-0.4, -0.2) is 61.2 Å². The highest BCUT2D eigenvalue weighted by Gasteiger charge is 2.30. The second-order valence-electron chi connectivity index (χ2n) is 9.93. The van der Waals surface area contributed by atoms with E-state index in [1.54, 1.807) is 17.6 Å². The molecule has 3 heterocycles. The molecule has 1 saturated heterocycles. The van der Waals surface area contributed by atoms with Gasteiger partial charge in [-0.05, 0) is 72.1 Å². The van der Waals surface area contributed by atoms with Crippen molar-refractivity contribution in [1.29, 1.82) is 0 Å². The van der Waals surface area contributed by atoms with Crippen LogP contribution in [0.15, 0.2) is 48.5 Å². The Hall–Kier alpha value is -3.10. The lowest BCUT2D eigenvalue weighted by atomic mass is 9.95. The molecule has 2 atom stereocenters. The van der Waals surface area contributed by atoms with Gasteiger partial charge in [-0.2, -0.15) is 4.37 Å². The largest absolute Gasteiger partial charge is 0.454 e. The smallest absolute Gasteiger partial charge is 0.244 e. The number of aromatic nitrogens is 1. The minimum atomic E-state index is -0.0394. The first-order chi connectivity index (χ1) is 17.7. The molecule has 6 rings (SSSR count). The zero-order chi connectivity index (χ0) is 24.3. The summed E-state index contributed by atoms with van der Waals surface area (Å²) < 4.78 is 16.8. The van der Waals surface area contributed by atoms with Crippen LogP contribution in [-0.2, 0) is 4.79 Å². The number of carbonyl (C=O) groups is 1. The molecule has 3 aromatic rings. The number of hydrogen-bond donors (Lipinski definition) is 1. The second-order valence-corrected chi connectivity index (χ2v) is 10.7. The average molecular weight is 505 g/mol. The van der Waals surface area contributed by atoms with Crippen molar-refractivity contribution in [1.82, 2.24) is 14.6 Å². The van der Waals surface area contributed by atoms with Crippen LogP contribution in [0.4, 0.5) is 5.82 Å². The number of benzene rings is 2. The Balaban J connectivity index is 0.971. The average Bonchev–Trinajstić information content (AvgIpc) is 3.66. The predicted molar refractivity (Wildman–Crippen MR) is 144 cm³/mol. The zero-order valence-corrected chi connectivity index (χ0v) is 21.2. The highest BCUT2D eigenvalue weighted by Crippen LogP contribution is 2.34. The first-order valence-corrected chi connectivity index (χ1v) is 13.7. The fraction of sp³-hybridized carbons (Fsp3) is 0.429. The number of nitrogens with zero attached hydrogens (tertiary/aromatic N) is 3. The van der Waals surface area contributed by atoms with E-state index in [1.807, 2.05) is 24.3 Å². The zero-order valence-electron chi connectivity index (χ0n) is 20.4. The first kappa shape index (κ1) is 23.3. The molecule has 1 saturated carbocycles. The van der Waals surface area contributed by atoms with E-state index in [9.17, 15) is 4.79 Å². The van der Waals surface area contributed by atoms with Gasteiger partial charge in [0.1, 0.15) is 5.82 Å². The number of fused-ring (bicyclic) bond motifs is 2. The first-order valence-electron chi connectivity index (χ1n) is 12.9. The van der Waals surface area contributed by atoms with Crippen molar-refractivity contribution in [3.8, 4) is 11.5 Å². The lowest BCUT2D eigenvalue weighted by Crippen LogP contribution is -2.48. The second kappa shape index (κ2) is 10.5. The number of carbonyl (C=O) groups excluding carboxylic acids is 1. The summed E-state index contributed by atoms with van der Waals surface area (Å²) in [4.78, 5) is 17.5. The van der Waals surface area contributed by atoms with E-state index in [4.69, 9.17) is 13.8 Å². The van der Waals surface area contributed by atoms with Crippen molar-refractivity contribution in [2.24, 2.45) is 11.8 Å². The summed E-state index contributed by atoms with van der Waals surface area (Å²) in [5.41, 5.74) is 0.929. The van der Waals surface area contributed by atoms with Gasteiger partial charge >= 0.3 is 0 Å². The third-order valence-electron chi connectivity index (χ3n) is 7.70. The quantitative estimate of drug-likeness (QED) is 0.482. The Morgan fingerprint density at radius 3 is 2.81 bits per heavy atom. The molecule has 3 aliphatic rings.